The van der Waals surface area contributed by atoms with Crippen LogP contribution in [-0.4, -0.2) is 17.8 Å². The van der Waals surface area contributed by atoms with Gasteiger partial charge in [-0.25, -0.2) is 0 Å². The highest BCUT2D eigenvalue weighted by atomic mass is 32.1. The number of aryl methyl sites for hydroxylation is 1. The molecule has 2 N–H and O–H groups in total. The molecule has 1 heterocycles. The fourth-order valence-electron chi connectivity index (χ4n) is 2.30. The molecule has 3 heteroatoms. The van der Waals surface area contributed by atoms with E-state index >= 15 is 0 Å². The van der Waals surface area contributed by atoms with Gasteiger partial charge in [-0.1, -0.05) is 6.92 Å². The van der Waals surface area contributed by atoms with Gasteiger partial charge in [0.2, 0.25) is 0 Å². The summed E-state index contributed by atoms with van der Waals surface area (Å²) in [5, 5.41) is 15.2. The standard InChI is InChI=1S/C13H21NOS/c1-3-11(10-4-5-10)14-12(8-15)13-9(2)6-7-16-13/h6-7,10-12,14-15H,3-5,8H2,1-2H3. The van der Waals surface area contributed by atoms with Gasteiger partial charge >= 0.3 is 0 Å². The third-order valence-corrected chi connectivity index (χ3v) is 4.58. The molecule has 2 atom stereocenters. The Bertz CT molecular complexity index is 332. The normalized spacial score (nSPS) is 19.7. The first-order valence-corrected chi connectivity index (χ1v) is 7.05. The van der Waals surface area contributed by atoms with Crippen LogP contribution in [0.1, 0.15) is 42.7 Å². The van der Waals surface area contributed by atoms with Crippen molar-refractivity contribution in [3.05, 3.63) is 21.9 Å². The van der Waals surface area contributed by atoms with E-state index < -0.39 is 0 Å². The summed E-state index contributed by atoms with van der Waals surface area (Å²) < 4.78 is 0. The van der Waals surface area contributed by atoms with Gasteiger partial charge in [0.05, 0.1) is 12.6 Å². The average Bonchev–Trinajstić information content (AvgIpc) is 3.04. The Morgan fingerprint density at radius 3 is 2.75 bits per heavy atom. The average molecular weight is 239 g/mol. The van der Waals surface area contributed by atoms with Crippen molar-refractivity contribution in [2.24, 2.45) is 5.92 Å². The monoisotopic (exact) mass is 239 g/mol. The molecule has 1 aromatic heterocycles. The largest absolute Gasteiger partial charge is 0.394 e. The summed E-state index contributed by atoms with van der Waals surface area (Å²) in [5.74, 6) is 0.847. The Morgan fingerprint density at radius 1 is 1.56 bits per heavy atom. The number of hydrogen-bond acceptors (Lipinski definition) is 3. The number of aliphatic hydroxyl groups is 1. The first-order chi connectivity index (χ1) is 7.76. The van der Waals surface area contributed by atoms with Crippen molar-refractivity contribution in [3.8, 4) is 0 Å². The lowest BCUT2D eigenvalue weighted by molar-refractivity contribution is 0.228. The van der Waals surface area contributed by atoms with Crippen molar-refractivity contribution < 1.29 is 5.11 Å². The molecule has 90 valence electrons. The topological polar surface area (TPSA) is 32.3 Å². The van der Waals surface area contributed by atoms with Crippen LogP contribution in [0.3, 0.4) is 0 Å². The van der Waals surface area contributed by atoms with Gasteiger partial charge in [0.1, 0.15) is 0 Å². The third-order valence-electron chi connectivity index (χ3n) is 3.45. The summed E-state index contributed by atoms with van der Waals surface area (Å²) in [4.78, 5) is 1.29. The smallest absolute Gasteiger partial charge is 0.0654 e. The summed E-state index contributed by atoms with van der Waals surface area (Å²) in [6, 6.07) is 2.84. The second-order valence-corrected chi connectivity index (χ2v) is 5.67. The first kappa shape index (κ1) is 12.1. The number of hydrogen-bond donors (Lipinski definition) is 2. The lowest BCUT2D eigenvalue weighted by Gasteiger charge is -2.23. The molecular weight excluding hydrogens is 218 g/mol. The second kappa shape index (κ2) is 5.30. The summed E-state index contributed by atoms with van der Waals surface area (Å²) >= 11 is 1.74. The summed E-state index contributed by atoms with van der Waals surface area (Å²) in [7, 11) is 0. The number of nitrogens with one attached hydrogen (secondary N) is 1. The molecule has 0 aliphatic heterocycles. The molecule has 0 bridgehead atoms. The Hall–Kier alpha value is -0.380. The van der Waals surface area contributed by atoms with Crippen molar-refractivity contribution >= 4 is 11.3 Å². The van der Waals surface area contributed by atoms with Crippen LogP contribution >= 0.6 is 11.3 Å². The van der Waals surface area contributed by atoms with E-state index in [9.17, 15) is 5.11 Å². The molecule has 1 aliphatic carbocycles. The molecule has 1 aliphatic rings. The molecule has 1 fully saturated rings. The second-order valence-electron chi connectivity index (χ2n) is 4.72. The van der Waals surface area contributed by atoms with Gasteiger partial charge in [0.15, 0.2) is 0 Å². The first-order valence-electron chi connectivity index (χ1n) is 6.17. The van der Waals surface area contributed by atoms with Gasteiger partial charge in [0.25, 0.3) is 0 Å². The van der Waals surface area contributed by atoms with Gasteiger partial charge in [-0.2, -0.15) is 0 Å². The maximum atomic E-state index is 9.51. The number of rotatable bonds is 6. The van der Waals surface area contributed by atoms with Crippen molar-refractivity contribution in [2.75, 3.05) is 6.61 Å². The number of thiophene rings is 1. The van der Waals surface area contributed by atoms with Gasteiger partial charge in [-0.05, 0) is 49.1 Å². The van der Waals surface area contributed by atoms with E-state index in [0.29, 0.717) is 6.04 Å². The zero-order chi connectivity index (χ0) is 11.5. The molecule has 0 aromatic carbocycles. The quantitative estimate of drug-likeness (QED) is 0.800. The third kappa shape index (κ3) is 2.65. The van der Waals surface area contributed by atoms with E-state index in [1.54, 1.807) is 11.3 Å². The van der Waals surface area contributed by atoms with Crippen LogP contribution < -0.4 is 5.32 Å². The van der Waals surface area contributed by atoms with Crippen LogP contribution in [0, 0.1) is 12.8 Å². The highest BCUT2D eigenvalue weighted by Gasteiger charge is 2.31. The molecule has 16 heavy (non-hydrogen) atoms. The fourth-order valence-corrected chi connectivity index (χ4v) is 3.28. The zero-order valence-electron chi connectivity index (χ0n) is 10.1. The Balaban J connectivity index is 2.02. The Labute approximate surface area is 102 Å². The van der Waals surface area contributed by atoms with Crippen molar-refractivity contribution in [1.82, 2.24) is 5.32 Å². The maximum Gasteiger partial charge on any atom is 0.0654 e. The molecule has 1 aromatic rings. The minimum Gasteiger partial charge on any atom is -0.394 e. The van der Waals surface area contributed by atoms with E-state index in [1.807, 2.05) is 0 Å². The van der Waals surface area contributed by atoms with Crippen LogP contribution in [0.4, 0.5) is 0 Å². The number of aliphatic hydroxyl groups excluding tert-OH is 1. The molecule has 0 radical (unpaired) electrons. The van der Waals surface area contributed by atoms with Gasteiger partial charge in [0, 0.05) is 10.9 Å². The van der Waals surface area contributed by atoms with E-state index in [2.05, 4.69) is 30.6 Å². The summed E-state index contributed by atoms with van der Waals surface area (Å²) in [6.45, 7) is 4.55. The van der Waals surface area contributed by atoms with Crippen LogP contribution in [-0.2, 0) is 0 Å². The molecule has 2 rings (SSSR count). The van der Waals surface area contributed by atoms with Gasteiger partial charge in [-0.15, -0.1) is 11.3 Å². The van der Waals surface area contributed by atoms with Crippen molar-refractivity contribution in [1.29, 1.82) is 0 Å². The Morgan fingerprint density at radius 2 is 2.31 bits per heavy atom. The van der Waals surface area contributed by atoms with Crippen molar-refractivity contribution in [2.45, 2.75) is 45.2 Å². The lowest BCUT2D eigenvalue weighted by Crippen LogP contribution is -2.35. The predicted molar refractivity (Wildman–Crippen MR) is 68.8 cm³/mol. The molecule has 0 amide bonds. The maximum absolute atomic E-state index is 9.51. The summed E-state index contributed by atoms with van der Waals surface area (Å²) in [6.07, 6.45) is 3.87. The van der Waals surface area contributed by atoms with E-state index in [1.165, 1.54) is 23.3 Å². The molecule has 2 unspecified atom stereocenters. The minimum absolute atomic E-state index is 0.130. The molecule has 1 saturated carbocycles. The molecule has 2 nitrogen and oxygen atoms in total. The van der Waals surface area contributed by atoms with E-state index in [0.717, 1.165) is 12.3 Å². The highest BCUT2D eigenvalue weighted by Crippen LogP contribution is 2.35. The van der Waals surface area contributed by atoms with E-state index in [-0.39, 0.29) is 12.6 Å². The molecule has 0 saturated heterocycles. The molecular formula is C13H21NOS. The predicted octanol–water partition coefficient (Wildman–Crippen LogP) is 2.87. The lowest BCUT2D eigenvalue weighted by atomic mass is 10.1. The van der Waals surface area contributed by atoms with Gasteiger partial charge < -0.3 is 10.4 Å². The minimum atomic E-state index is 0.130. The zero-order valence-corrected chi connectivity index (χ0v) is 10.9. The van der Waals surface area contributed by atoms with Gasteiger partial charge in [-0.3, -0.25) is 0 Å². The summed E-state index contributed by atoms with van der Waals surface area (Å²) in [5.41, 5.74) is 1.29. The van der Waals surface area contributed by atoms with Crippen LogP contribution in [0.25, 0.3) is 0 Å². The SMILES string of the molecule is CCC(NC(CO)c1sccc1C)C1CC1. The Kier molecular flexibility index (Phi) is 4.00. The molecule has 0 spiro atoms. The van der Waals surface area contributed by atoms with Crippen molar-refractivity contribution in [3.63, 3.8) is 0 Å². The van der Waals surface area contributed by atoms with Crippen LogP contribution in [0.2, 0.25) is 0 Å². The highest BCUT2D eigenvalue weighted by molar-refractivity contribution is 7.10. The van der Waals surface area contributed by atoms with Crippen LogP contribution in [0.5, 0.6) is 0 Å². The van der Waals surface area contributed by atoms with Crippen LogP contribution in [0.15, 0.2) is 11.4 Å². The fraction of sp³-hybridized carbons (Fsp3) is 0.692. The van der Waals surface area contributed by atoms with E-state index in [4.69, 9.17) is 0 Å².